The lowest BCUT2D eigenvalue weighted by Crippen LogP contribution is -2.17. The first-order valence-electron chi connectivity index (χ1n) is 5.25. The number of nitrogens with two attached hydrogens (primary N) is 1. The molecule has 88 valence electrons. The monoisotopic (exact) mass is 241 g/mol. The lowest BCUT2D eigenvalue weighted by Gasteiger charge is -2.12. The van der Waals surface area contributed by atoms with Gasteiger partial charge in [0, 0.05) is 6.54 Å². The molecule has 1 aromatic carbocycles. The Morgan fingerprint density at radius 1 is 1.44 bits per heavy atom. The molecule has 0 spiro atoms. The van der Waals surface area contributed by atoms with Crippen LogP contribution in [0.3, 0.4) is 0 Å². The maximum absolute atomic E-state index is 11.3. The Bertz CT molecular complexity index is 470. The van der Waals surface area contributed by atoms with Crippen molar-refractivity contribution in [2.24, 2.45) is 5.73 Å². The van der Waals surface area contributed by atoms with Crippen LogP contribution in [0.15, 0.2) is 24.3 Å². The largest absolute Gasteiger partial charge is 0.489 e. The molecule has 0 aromatic heterocycles. The zero-order chi connectivity index (χ0) is 11.6. The van der Waals surface area contributed by atoms with Crippen LogP contribution in [0.25, 0.3) is 0 Å². The second kappa shape index (κ2) is 4.43. The van der Waals surface area contributed by atoms with Crippen LogP contribution in [-0.4, -0.2) is 26.0 Å². The van der Waals surface area contributed by atoms with E-state index in [0.29, 0.717) is 18.7 Å². The van der Waals surface area contributed by atoms with Crippen LogP contribution in [0.2, 0.25) is 0 Å². The fourth-order valence-electron chi connectivity index (χ4n) is 1.79. The van der Waals surface area contributed by atoms with Gasteiger partial charge >= 0.3 is 0 Å². The van der Waals surface area contributed by atoms with Crippen LogP contribution in [0, 0.1) is 0 Å². The number of hydrogen-bond donors (Lipinski definition) is 1. The number of ether oxygens (including phenoxy) is 1. The van der Waals surface area contributed by atoms with E-state index in [2.05, 4.69) is 0 Å². The molecule has 1 saturated heterocycles. The third kappa shape index (κ3) is 2.74. The van der Waals surface area contributed by atoms with E-state index in [1.807, 2.05) is 24.3 Å². The van der Waals surface area contributed by atoms with Gasteiger partial charge in [0.2, 0.25) is 0 Å². The summed E-state index contributed by atoms with van der Waals surface area (Å²) < 4.78 is 28.1. The van der Waals surface area contributed by atoms with Gasteiger partial charge in [0.1, 0.15) is 11.9 Å². The number of rotatable bonds is 3. The van der Waals surface area contributed by atoms with Gasteiger partial charge in [0.15, 0.2) is 9.84 Å². The molecule has 0 aliphatic carbocycles. The predicted molar refractivity (Wildman–Crippen MR) is 62.0 cm³/mol. The smallest absolute Gasteiger partial charge is 0.154 e. The predicted octanol–water partition coefficient (Wildman–Crippen LogP) is 0.711. The second-order valence-corrected chi connectivity index (χ2v) is 6.22. The molecule has 1 aliphatic rings. The van der Waals surface area contributed by atoms with Gasteiger partial charge in [0.05, 0.1) is 11.5 Å². The summed E-state index contributed by atoms with van der Waals surface area (Å²) in [6.07, 6.45) is 0.368. The Morgan fingerprint density at radius 2 is 2.25 bits per heavy atom. The van der Waals surface area contributed by atoms with Crippen molar-refractivity contribution in [2.75, 3.05) is 11.5 Å². The molecule has 1 aliphatic heterocycles. The van der Waals surface area contributed by atoms with E-state index < -0.39 is 9.84 Å². The highest BCUT2D eigenvalue weighted by Crippen LogP contribution is 2.20. The molecule has 5 heteroatoms. The van der Waals surface area contributed by atoms with E-state index in [9.17, 15) is 8.42 Å². The Hall–Kier alpha value is -1.07. The van der Waals surface area contributed by atoms with E-state index in [1.165, 1.54) is 0 Å². The Balaban J connectivity index is 2.04. The fourth-order valence-corrected chi connectivity index (χ4v) is 3.38. The molecule has 1 aromatic rings. The average molecular weight is 241 g/mol. The van der Waals surface area contributed by atoms with E-state index in [4.69, 9.17) is 10.5 Å². The first-order chi connectivity index (χ1) is 7.59. The van der Waals surface area contributed by atoms with E-state index in [0.717, 1.165) is 5.56 Å². The second-order valence-electron chi connectivity index (χ2n) is 3.99. The summed E-state index contributed by atoms with van der Waals surface area (Å²) in [6, 6.07) is 7.45. The van der Waals surface area contributed by atoms with Gasteiger partial charge in [-0.1, -0.05) is 12.1 Å². The van der Waals surface area contributed by atoms with Gasteiger partial charge in [-0.3, -0.25) is 0 Å². The molecule has 4 nitrogen and oxygen atoms in total. The SMILES string of the molecule is NCc1cccc(OC2CCS(=O)(=O)C2)c1. The van der Waals surface area contributed by atoms with Crippen LogP contribution < -0.4 is 10.5 Å². The van der Waals surface area contributed by atoms with Crippen LogP contribution in [0.4, 0.5) is 0 Å². The highest BCUT2D eigenvalue weighted by Gasteiger charge is 2.29. The fraction of sp³-hybridized carbons (Fsp3) is 0.455. The van der Waals surface area contributed by atoms with Crippen molar-refractivity contribution in [2.45, 2.75) is 19.1 Å². The molecular formula is C11H15NO3S. The van der Waals surface area contributed by atoms with Gasteiger partial charge in [-0.15, -0.1) is 0 Å². The minimum Gasteiger partial charge on any atom is -0.489 e. The third-order valence-corrected chi connectivity index (χ3v) is 4.36. The zero-order valence-electron chi connectivity index (χ0n) is 8.93. The quantitative estimate of drug-likeness (QED) is 0.846. The highest BCUT2D eigenvalue weighted by molar-refractivity contribution is 7.91. The van der Waals surface area contributed by atoms with E-state index in [1.54, 1.807) is 0 Å². The molecule has 0 bridgehead atoms. The number of sulfone groups is 1. The molecular weight excluding hydrogens is 226 g/mol. The van der Waals surface area contributed by atoms with Gasteiger partial charge in [-0.2, -0.15) is 0 Å². The molecule has 0 amide bonds. The van der Waals surface area contributed by atoms with Crippen LogP contribution in [-0.2, 0) is 16.4 Å². The van der Waals surface area contributed by atoms with Crippen molar-refractivity contribution in [3.63, 3.8) is 0 Å². The van der Waals surface area contributed by atoms with E-state index >= 15 is 0 Å². The van der Waals surface area contributed by atoms with Gasteiger partial charge in [-0.25, -0.2) is 8.42 Å². The lowest BCUT2D eigenvalue weighted by atomic mass is 10.2. The van der Waals surface area contributed by atoms with E-state index in [-0.39, 0.29) is 17.6 Å². The Labute approximate surface area is 95.3 Å². The topological polar surface area (TPSA) is 69.4 Å². The number of hydrogen-bond acceptors (Lipinski definition) is 4. The van der Waals surface area contributed by atoms with Crippen molar-refractivity contribution in [3.05, 3.63) is 29.8 Å². The molecule has 2 N–H and O–H groups in total. The van der Waals surface area contributed by atoms with Gasteiger partial charge in [0.25, 0.3) is 0 Å². The third-order valence-electron chi connectivity index (χ3n) is 2.63. The first kappa shape index (κ1) is 11.4. The molecule has 0 saturated carbocycles. The maximum atomic E-state index is 11.3. The Kier molecular flexibility index (Phi) is 3.16. The molecule has 1 heterocycles. The highest BCUT2D eigenvalue weighted by atomic mass is 32.2. The van der Waals surface area contributed by atoms with Crippen LogP contribution in [0.1, 0.15) is 12.0 Å². The molecule has 0 radical (unpaired) electrons. The molecule has 1 atom stereocenters. The van der Waals surface area contributed by atoms with Gasteiger partial charge in [-0.05, 0) is 24.1 Å². The van der Waals surface area contributed by atoms with Crippen molar-refractivity contribution in [1.82, 2.24) is 0 Å². The summed E-state index contributed by atoms with van der Waals surface area (Å²) in [5.74, 6) is 1.05. The molecule has 2 rings (SSSR count). The van der Waals surface area contributed by atoms with Crippen molar-refractivity contribution in [3.8, 4) is 5.75 Å². The summed E-state index contributed by atoms with van der Waals surface area (Å²) in [7, 11) is -2.88. The normalized spacial score (nSPS) is 23.2. The Morgan fingerprint density at radius 3 is 2.88 bits per heavy atom. The maximum Gasteiger partial charge on any atom is 0.154 e. The van der Waals surface area contributed by atoms with Crippen molar-refractivity contribution >= 4 is 9.84 Å². The van der Waals surface area contributed by atoms with Gasteiger partial charge < -0.3 is 10.5 Å². The van der Waals surface area contributed by atoms with Crippen molar-refractivity contribution < 1.29 is 13.2 Å². The summed E-state index contributed by atoms with van der Waals surface area (Å²) in [5.41, 5.74) is 6.50. The standard InChI is InChI=1S/C11H15NO3S/c12-7-9-2-1-3-10(6-9)15-11-4-5-16(13,14)8-11/h1-3,6,11H,4-5,7-8,12H2. The average Bonchev–Trinajstić information content (AvgIpc) is 2.58. The van der Waals surface area contributed by atoms with Crippen LogP contribution >= 0.6 is 0 Å². The molecule has 1 unspecified atom stereocenters. The minimum atomic E-state index is -2.88. The number of benzene rings is 1. The van der Waals surface area contributed by atoms with Crippen LogP contribution in [0.5, 0.6) is 5.75 Å². The summed E-state index contributed by atoms with van der Waals surface area (Å²) in [6.45, 7) is 0.458. The summed E-state index contributed by atoms with van der Waals surface area (Å²) >= 11 is 0. The summed E-state index contributed by atoms with van der Waals surface area (Å²) in [5, 5.41) is 0. The summed E-state index contributed by atoms with van der Waals surface area (Å²) in [4.78, 5) is 0. The molecule has 16 heavy (non-hydrogen) atoms. The lowest BCUT2D eigenvalue weighted by molar-refractivity contribution is 0.228. The first-order valence-corrected chi connectivity index (χ1v) is 7.07. The zero-order valence-corrected chi connectivity index (χ0v) is 9.74. The molecule has 1 fully saturated rings. The van der Waals surface area contributed by atoms with Crippen molar-refractivity contribution in [1.29, 1.82) is 0 Å². The minimum absolute atomic E-state index is 0.125.